The summed E-state index contributed by atoms with van der Waals surface area (Å²) >= 11 is 0. The molecule has 0 saturated heterocycles. The number of nitrogens with one attached hydrogen (secondary N) is 1. The Kier molecular flexibility index (Phi) is 5.78. The van der Waals surface area contributed by atoms with E-state index in [4.69, 9.17) is 4.74 Å². The minimum Gasteiger partial charge on any atom is -0.491 e. The Hall–Kier alpha value is -1.28. The van der Waals surface area contributed by atoms with Gasteiger partial charge in [-0.15, -0.1) is 6.58 Å². The predicted molar refractivity (Wildman–Crippen MR) is 73.3 cm³/mol. The maximum absolute atomic E-state index is 5.67. The van der Waals surface area contributed by atoms with Crippen molar-refractivity contribution in [3.05, 3.63) is 42.5 Å². The minimum atomic E-state index is 0.220. The van der Waals surface area contributed by atoms with Gasteiger partial charge in [-0.05, 0) is 44.9 Å². The van der Waals surface area contributed by atoms with E-state index in [1.807, 2.05) is 32.1 Å². The van der Waals surface area contributed by atoms with Gasteiger partial charge in [0.25, 0.3) is 0 Å². The zero-order chi connectivity index (χ0) is 12.7. The SMILES string of the molecule is C=CCC(C)NCc1cccc(OC(C)C)c1. The molecule has 17 heavy (non-hydrogen) atoms. The molecule has 0 fully saturated rings. The first-order valence-electron chi connectivity index (χ1n) is 6.21. The molecule has 0 heterocycles. The molecule has 0 spiro atoms. The number of hydrogen-bond donors (Lipinski definition) is 1. The summed E-state index contributed by atoms with van der Waals surface area (Å²) in [5.41, 5.74) is 1.25. The van der Waals surface area contributed by atoms with E-state index in [9.17, 15) is 0 Å². The molecule has 0 aliphatic carbocycles. The zero-order valence-corrected chi connectivity index (χ0v) is 11.1. The molecule has 1 aromatic rings. The van der Waals surface area contributed by atoms with Crippen LogP contribution in [-0.4, -0.2) is 12.1 Å². The smallest absolute Gasteiger partial charge is 0.120 e. The van der Waals surface area contributed by atoms with Crippen molar-refractivity contribution < 1.29 is 4.74 Å². The summed E-state index contributed by atoms with van der Waals surface area (Å²) in [5, 5.41) is 3.45. The Morgan fingerprint density at radius 3 is 2.76 bits per heavy atom. The van der Waals surface area contributed by atoms with Crippen molar-refractivity contribution in [2.24, 2.45) is 0 Å². The van der Waals surface area contributed by atoms with Crippen LogP contribution in [0.4, 0.5) is 0 Å². The second-order valence-electron chi connectivity index (χ2n) is 4.62. The standard InChI is InChI=1S/C15H23NO/c1-5-7-13(4)16-11-14-8-6-9-15(10-14)17-12(2)3/h5-6,8-10,12-13,16H,1,7,11H2,2-4H3. The Morgan fingerprint density at radius 1 is 1.35 bits per heavy atom. The molecular formula is C15H23NO. The highest BCUT2D eigenvalue weighted by molar-refractivity contribution is 5.28. The highest BCUT2D eigenvalue weighted by Crippen LogP contribution is 2.14. The average molecular weight is 233 g/mol. The van der Waals surface area contributed by atoms with E-state index in [0.717, 1.165) is 18.7 Å². The molecular weight excluding hydrogens is 210 g/mol. The number of benzene rings is 1. The monoisotopic (exact) mass is 233 g/mol. The molecule has 1 aromatic carbocycles. The van der Waals surface area contributed by atoms with Crippen LogP contribution in [0.5, 0.6) is 5.75 Å². The second-order valence-corrected chi connectivity index (χ2v) is 4.62. The van der Waals surface area contributed by atoms with Gasteiger partial charge < -0.3 is 10.1 Å². The molecule has 0 amide bonds. The van der Waals surface area contributed by atoms with E-state index in [1.54, 1.807) is 0 Å². The Labute approximate surface area is 105 Å². The van der Waals surface area contributed by atoms with E-state index in [0.29, 0.717) is 6.04 Å². The highest BCUT2D eigenvalue weighted by atomic mass is 16.5. The van der Waals surface area contributed by atoms with Crippen molar-refractivity contribution in [1.82, 2.24) is 5.32 Å². The third-order valence-electron chi connectivity index (χ3n) is 2.45. The number of rotatable bonds is 7. The third-order valence-corrected chi connectivity index (χ3v) is 2.45. The molecule has 2 nitrogen and oxygen atoms in total. The molecule has 2 heteroatoms. The lowest BCUT2D eigenvalue weighted by Gasteiger charge is -2.13. The topological polar surface area (TPSA) is 21.3 Å². The first-order valence-corrected chi connectivity index (χ1v) is 6.21. The Bertz CT molecular complexity index is 347. The van der Waals surface area contributed by atoms with Crippen molar-refractivity contribution >= 4 is 0 Å². The van der Waals surface area contributed by atoms with Crippen molar-refractivity contribution in [2.45, 2.75) is 45.9 Å². The normalized spacial score (nSPS) is 12.5. The highest BCUT2D eigenvalue weighted by Gasteiger charge is 2.01. The third kappa shape index (κ3) is 5.55. The fourth-order valence-corrected chi connectivity index (χ4v) is 1.63. The fraction of sp³-hybridized carbons (Fsp3) is 0.467. The van der Waals surface area contributed by atoms with Gasteiger partial charge in [-0.1, -0.05) is 18.2 Å². The van der Waals surface area contributed by atoms with Crippen LogP contribution in [0.3, 0.4) is 0 Å². The van der Waals surface area contributed by atoms with Crippen LogP contribution in [0.15, 0.2) is 36.9 Å². The molecule has 1 rings (SSSR count). The lowest BCUT2D eigenvalue weighted by molar-refractivity contribution is 0.242. The second kappa shape index (κ2) is 7.13. The van der Waals surface area contributed by atoms with Gasteiger partial charge in [-0.2, -0.15) is 0 Å². The van der Waals surface area contributed by atoms with Gasteiger partial charge in [0.05, 0.1) is 6.10 Å². The molecule has 1 N–H and O–H groups in total. The quantitative estimate of drug-likeness (QED) is 0.727. The number of ether oxygens (including phenoxy) is 1. The summed E-state index contributed by atoms with van der Waals surface area (Å²) in [4.78, 5) is 0. The van der Waals surface area contributed by atoms with E-state index in [-0.39, 0.29) is 6.10 Å². The summed E-state index contributed by atoms with van der Waals surface area (Å²) in [6.45, 7) is 10.8. The number of hydrogen-bond acceptors (Lipinski definition) is 2. The lowest BCUT2D eigenvalue weighted by Crippen LogP contribution is -2.24. The minimum absolute atomic E-state index is 0.220. The molecule has 0 radical (unpaired) electrons. The van der Waals surface area contributed by atoms with Crippen LogP contribution in [0.1, 0.15) is 32.8 Å². The molecule has 0 saturated carbocycles. The van der Waals surface area contributed by atoms with E-state index in [2.05, 4.69) is 31.0 Å². The summed E-state index contributed by atoms with van der Waals surface area (Å²) in [5.74, 6) is 0.940. The molecule has 1 unspecified atom stereocenters. The average Bonchev–Trinajstić information content (AvgIpc) is 2.26. The summed E-state index contributed by atoms with van der Waals surface area (Å²) < 4.78 is 5.67. The molecule has 0 bridgehead atoms. The van der Waals surface area contributed by atoms with Gasteiger partial charge in [-0.25, -0.2) is 0 Å². The molecule has 0 aliphatic heterocycles. The first-order chi connectivity index (χ1) is 8.11. The van der Waals surface area contributed by atoms with Gasteiger partial charge in [0.1, 0.15) is 5.75 Å². The Morgan fingerprint density at radius 2 is 2.12 bits per heavy atom. The summed E-state index contributed by atoms with van der Waals surface area (Å²) in [6, 6.07) is 8.69. The largest absolute Gasteiger partial charge is 0.491 e. The van der Waals surface area contributed by atoms with Crippen molar-refractivity contribution in [1.29, 1.82) is 0 Å². The van der Waals surface area contributed by atoms with Gasteiger partial charge in [0.15, 0.2) is 0 Å². The molecule has 94 valence electrons. The van der Waals surface area contributed by atoms with Crippen LogP contribution < -0.4 is 10.1 Å². The summed E-state index contributed by atoms with van der Waals surface area (Å²) in [7, 11) is 0. The van der Waals surface area contributed by atoms with Crippen molar-refractivity contribution in [2.75, 3.05) is 0 Å². The van der Waals surface area contributed by atoms with Crippen LogP contribution in [0.2, 0.25) is 0 Å². The molecule has 0 aliphatic rings. The Balaban J connectivity index is 2.50. The summed E-state index contributed by atoms with van der Waals surface area (Å²) in [6.07, 6.45) is 3.15. The van der Waals surface area contributed by atoms with Gasteiger partial charge >= 0.3 is 0 Å². The first kappa shape index (κ1) is 13.8. The van der Waals surface area contributed by atoms with Gasteiger partial charge in [-0.3, -0.25) is 0 Å². The van der Waals surface area contributed by atoms with Crippen LogP contribution in [0.25, 0.3) is 0 Å². The van der Waals surface area contributed by atoms with Gasteiger partial charge in [0.2, 0.25) is 0 Å². The predicted octanol–water partition coefficient (Wildman–Crippen LogP) is 3.53. The molecule has 1 atom stereocenters. The molecule has 0 aromatic heterocycles. The zero-order valence-electron chi connectivity index (χ0n) is 11.1. The van der Waals surface area contributed by atoms with Crippen LogP contribution in [0, 0.1) is 0 Å². The van der Waals surface area contributed by atoms with Crippen LogP contribution in [-0.2, 0) is 6.54 Å². The van der Waals surface area contributed by atoms with Crippen molar-refractivity contribution in [3.63, 3.8) is 0 Å². The van der Waals surface area contributed by atoms with Gasteiger partial charge in [0, 0.05) is 12.6 Å². The fourth-order valence-electron chi connectivity index (χ4n) is 1.63. The van der Waals surface area contributed by atoms with Crippen LogP contribution >= 0.6 is 0 Å². The lowest BCUT2D eigenvalue weighted by atomic mass is 10.2. The van der Waals surface area contributed by atoms with E-state index >= 15 is 0 Å². The maximum Gasteiger partial charge on any atom is 0.120 e. The maximum atomic E-state index is 5.67. The van der Waals surface area contributed by atoms with E-state index in [1.165, 1.54) is 5.56 Å². The van der Waals surface area contributed by atoms with E-state index < -0.39 is 0 Å². The van der Waals surface area contributed by atoms with Crippen molar-refractivity contribution in [3.8, 4) is 5.75 Å².